The molecule has 1 aliphatic carbocycles. The zero-order valence-corrected chi connectivity index (χ0v) is 7.14. The molecular formula is C12H12. The molecule has 0 fully saturated rings. The Bertz CT molecular complexity index is 328. The van der Waals surface area contributed by atoms with Gasteiger partial charge in [-0.05, 0) is 48.9 Å². The second-order valence-electron chi connectivity index (χ2n) is 3.33. The van der Waals surface area contributed by atoms with E-state index in [0.717, 1.165) is 5.56 Å². The van der Waals surface area contributed by atoms with E-state index >= 15 is 0 Å². The van der Waals surface area contributed by atoms with Crippen molar-refractivity contribution in [3.8, 4) is 12.3 Å². The molecule has 0 saturated heterocycles. The SMILES string of the molecule is C#Cc1ccc2c(c1)CCCC2. The predicted octanol–water partition coefficient (Wildman–Crippen LogP) is 2.55. The summed E-state index contributed by atoms with van der Waals surface area (Å²) in [5, 5.41) is 0. The van der Waals surface area contributed by atoms with Gasteiger partial charge in [0.15, 0.2) is 0 Å². The highest BCUT2D eigenvalue weighted by molar-refractivity contribution is 5.40. The van der Waals surface area contributed by atoms with Gasteiger partial charge in [-0.1, -0.05) is 12.0 Å². The Kier molecular flexibility index (Phi) is 1.87. The fourth-order valence-electron chi connectivity index (χ4n) is 1.82. The highest BCUT2D eigenvalue weighted by Crippen LogP contribution is 2.21. The molecule has 0 aliphatic heterocycles. The molecule has 0 atom stereocenters. The van der Waals surface area contributed by atoms with Gasteiger partial charge in [0.25, 0.3) is 0 Å². The number of hydrogen-bond acceptors (Lipinski definition) is 0. The van der Waals surface area contributed by atoms with Crippen molar-refractivity contribution in [1.29, 1.82) is 0 Å². The van der Waals surface area contributed by atoms with Crippen LogP contribution in [0.4, 0.5) is 0 Å². The van der Waals surface area contributed by atoms with Gasteiger partial charge in [-0.3, -0.25) is 0 Å². The van der Waals surface area contributed by atoms with Crippen molar-refractivity contribution in [1.82, 2.24) is 0 Å². The maximum absolute atomic E-state index is 5.33. The van der Waals surface area contributed by atoms with Gasteiger partial charge in [0.05, 0.1) is 0 Å². The van der Waals surface area contributed by atoms with Gasteiger partial charge in [0, 0.05) is 5.56 Å². The zero-order chi connectivity index (χ0) is 8.39. The van der Waals surface area contributed by atoms with E-state index in [2.05, 4.69) is 18.1 Å². The summed E-state index contributed by atoms with van der Waals surface area (Å²) in [5.41, 5.74) is 3.99. The Morgan fingerprint density at radius 3 is 2.58 bits per heavy atom. The van der Waals surface area contributed by atoms with E-state index in [0.29, 0.717) is 0 Å². The minimum absolute atomic E-state index is 1.02. The first-order chi connectivity index (χ1) is 5.90. The number of hydrogen-bond donors (Lipinski definition) is 0. The maximum Gasteiger partial charge on any atom is 0.0245 e. The van der Waals surface area contributed by atoms with E-state index in [1.807, 2.05) is 6.07 Å². The van der Waals surface area contributed by atoms with Gasteiger partial charge < -0.3 is 0 Å². The van der Waals surface area contributed by atoms with Gasteiger partial charge in [-0.15, -0.1) is 6.42 Å². The van der Waals surface area contributed by atoms with Gasteiger partial charge in [0.1, 0.15) is 0 Å². The number of benzene rings is 1. The predicted molar refractivity (Wildman–Crippen MR) is 51.0 cm³/mol. The standard InChI is InChI=1S/C12H12/c1-2-10-7-8-11-5-3-4-6-12(11)9-10/h1,7-9H,3-6H2. The molecule has 1 aromatic carbocycles. The van der Waals surface area contributed by atoms with Crippen LogP contribution in [-0.4, -0.2) is 0 Å². The molecule has 0 bridgehead atoms. The smallest absolute Gasteiger partial charge is 0.0245 e. The monoisotopic (exact) mass is 156 g/mol. The molecule has 12 heavy (non-hydrogen) atoms. The highest BCUT2D eigenvalue weighted by atomic mass is 14.1. The van der Waals surface area contributed by atoms with Crippen LogP contribution < -0.4 is 0 Å². The zero-order valence-electron chi connectivity index (χ0n) is 7.14. The Morgan fingerprint density at radius 2 is 1.83 bits per heavy atom. The molecule has 0 aromatic heterocycles. The van der Waals surface area contributed by atoms with Crippen LogP contribution in [0.15, 0.2) is 18.2 Å². The summed E-state index contributed by atoms with van der Waals surface area (Å²) in [6, 6.07) is 6.39. The number of terminal acetylenes is 1. The van der Waals surface area contributed by atoms with Crippen LogP contribution in [0, 0.1) is 12.3 Å². The molecule has 0 nitrogen and oxygen atoms in total. The van der Waals surface area contributed by atoms with Crippen molar-refractivity contribution in [3.05, 3.63) is 34.9 Å². The van der Waals surface area contributed by atoms with E-state index in [4.69, 9.17) is 6.42 Å². The van der Waals surface area contributed by atoms with Gasteiger partial charge in [0.2, 0.25) is 0 Å². The molecule has 1 aromatic rings. The molecule has 0 heterocycles. The molecule has 0 N–H and O–H groups in total. The second kappa shape index (κ2) is 3.03. The average molecular weight is 156 g/mol. The topological polar surface area (TPSA) is 0 Å². The molecule has 60 valence electrons. The third-order valence-corrected chi connectivity index (χ3v) is 2.52. The maximum atomic E-state index is 5.33. The third kappa shape index (κ3) is 1.23. The quantitative estimate of drug-likeness (QED) is 0.506. The largest absolute Gasteiger partial charge is 0.115 e. The summed E-state index contributed by atoms with van der Waals surface area (Å²) < 4.78 is 0. The lowest BCUT2D eigenvalue weighted by molar-refractivity contribution is 0.685. The van der Waals surface area contributed by atoms with Crippen LogP contribution in [0.3, 0.4) is 0 Å². The van der Waals surface area contributed by atoms with Crippen LogP contribution in [0.5, 0.6) is 0 Å². The molecule has 0 unspecified atom stereocenters. The molecule has 0 spiro atoms. The van der Waals surface area contributed by atoms with E-state index in [9.17, 15) is 0 Å². The summed E-state index contributed by atoms with van der Waals surface area (Å²) in [7, 11) is 0. The third-order valence-electron chi connectivity index (χ3n) is 2.52. The molecule has 2 rings (SSSR count). The fraction of sp³-hybridized carbons (Fsp3) is 0.333. The highest BCUT2D eigenvalue weighted by Gasteiger charge is 2.08. The first-order valence-electron chi connectivity index (χ1n) is 4.48. The summed E-state index contributed by atoms with van der Waals surface area (Å²) in [6.45, 7) is 0. The molecule has 0 heteroatoms. The number of fused-ring (bicyclic) bond motifs is 1. The minimum atomic E-state index is 1.02. The van der Waals surface area contributed by atoms with E-state index < -0.39 is 0 Å². The Hall–Kier alpha value is -1.22. The normalized spacial score (nSPS) is 14.9. The molecular weight excluding hydrogens is 144 g/mol. The van der Waals surface area contributed by atoms with Crippen molar-refractivity contribution in [2.45, 2.75) is 25.7 Å². The lowest BCUT2D eigenvalue weighted by Gasteiger charge is -2.15. The average Bonchev–Trinajstić information content (AvgIpc) is 2.17. The van der Waals surface area contributed by atoms with Gasteiger partial charge in [-0.25, -0.2) is 0 Å². The van der Waals surface area contributed by atoms with E-state index in [1.165, 1.54) is 36.8 Å². The summed E-state index contributed by atoms with van der Waals surface area (Å²) >= 11 is 0. The first kappa shape index (κ1) is 7.43. The summed E-state index contributed by atoms with van der Waals surface area (Å²) in [6.07, 6.45) is 10.4. The summed E-state index contributed by atoms with van der Waals surface area (Å²) in [5.74, 6) is 2.68. The molecule has 0 amide bonds. The van der Waals surface area contributed by atoms with E-state index in [-0.39, 0.29) is 0 Å². The van der Waals surface area contributed by atoms with Crippen molar-refractivity contribution in [2.24, 2.45) is 0 Å². The first-order valence-corrected chi connectivity index (χ1v) is 4.48. The van der Waals surface area contributed by atoms with Crippen LogP contribution in [-0.2, 0) is 12.8 Å². The van der Waals surface area contributed by atoms with Gasteiger partial charge >= 0.3 is 0 Å². The van der Waals surface area contributed by atoms with Crippen LogP contribution in [0.1, 0.15) is 29.5 Å². The number of rotatable bonds is 0. The lowest BCUT2D eigenvalue weighted by Crippen LogP contribution is -2.02. The van der Waals surface area contributed by atoms with Crippen molar-refractivity contribution in [3.63, 3.8) is 0 Å². The van der Waals surface area contributed by atoms with Crippen LogP contribution >= 0.6 is 0 Å². The van der Waals surface area contributed by atoms with Crippen LogP contribution in [0.25, 0.3) is 0 Å². The Labute approximate surface area is 73.6 Å². The second-order valence-corrected chi connectivity index (χ2v) is 3.33. The van der Waals surface area contributed by atoms with E-state index in [1.54, 1.807) is 0 Å². The Balaban J connectivity index is 2.44. The van der Waals surface area contributed by atoms with Crippen LogP contribution in [0.2, 0.25) is 0 Å². The lowest BCUT2D eigenvalue weighted by atomic mass is 9.90. The van der Waals surface area contributed by atoms with Crippen molar-refractivity contribution < 1.29 is 0 Å². The number of aryl methyl sites for hydroxylation is 2. The van der Waals surface area contributed by atoms with Crippen molar-refractivity contribution >= 4 is 0 Å². The Morgan fingerprint density at radius 1 is 1.08 bits per heavy atom. The minimum Gasteiger partial charge on any atom is -0.115 e. The summed E-state index contributed by atoms with van der Waals surface area (Å²) in [4.78, 5) is 0. The van der Waals surface area contributed by atoms with Crippen molar-refractivity contribution in [2.75, 3.05) is 0 Å². The molecule has 0 radical (unpaired) electrons. The van der Waals surface area contributed by atoms with Gasteiger partial charge in [-0.2, -0.15) is 0 Å². The molecule has 1 aliphatic rings. The molecule has 0 saturated carbocycles. The fourth-order valence-corrected chi connectivity index (χ4v) is 1.82.